The Morgan fingerprint density at radius 2 is 2.00 bits per heavy atom. The van der Waals surface area contributed by atoms with Crippen molar-refractivity contribution in [2.24, 2.45) is 5.92 Å². The second kappa shape index (κ2) is 9.25. The number of carbonyl (C=O) groups excluding carboxylic acids is 1. The van der Waals surface area contributed by atoms with E-state index in [-0.39, 0.29) is 18.5 Å². The minimum absolute atomic E-state index is 0.00218. The molecular weight excluding hydrogens is 362 g/mol. The summed E-state index contributed by atoms with van der Waals surface area (Å²) in [5.41, 5.74) is 0. The van der Waals surface area contributed by atoms with Gasteiger partial charge in [0.1, 0.15) is 18.5 Å². The van der Waals surface area contributed by atoms with Crippen molar-refractivity contribution in [2.45, 2.75) is 25.9 Å². The second-order valence-corrected chi connectivity index (χ2v) is 6.66. The molecule has 0 amide bonds. The van der Waals surface area contributed by atoms with Crippen LogP contribution in [0.3, 0.4) is 0 Å². The normalized spacial score (nSPS) is 17.7. The summed E-state index contributed by atoms with van der Waals surface area (Å²) in [7, 11) is 0. The summed E-state index contributed by atoms with van der Waals surface area (Å²) in [6.45, 7) is 4.70. The Kier molecular flexibility index (Phi) is 7.33. The lowest BCUT2D eigenvalue weighted by molar-refractivity contribution is -0.149. The van der Waals surface area contributed by atoms with Gasteiger partial charge in [-0.05, 0) is 57.1 Å². The molecular formula is C17H24BrNO4. The number of ether oxygens (including phenoxy) is 2. The highest BCUT2D eigenvalue weighted by Gasteiger charge is 2.26. The molecule has 1 atom stereocenters. The highest BCUT2D eigenvalue weighted by atomic mass is 79.9. The average molecular weight is 386 g/mol. The molecule has 1 N–H and O–H groups in total. The van der Waals surface area contributed by atoms with E-state index in [2.05, 4.69) is 20.8 Å². The van der Waals surface area contributed by atoms with Gasteiger partial charge in [-0.15, -0.1) is 0 Å². The third-order valence-electron chi connectivity index (χ3n) is 3.93. The van der Waals surface area contributed by atoms with Crippen LogP contribution >= 0.6 is 15.9 Å². The zero-order valence-corrected chi connectivity index (χ0v) is 15.0. The largest absolute Gasteiger partial charge is 0.491 e. The van der Waals surface area contributed by atoms with Crippen LogP contribution in [0.5, 0.6) is 5.75 Å². The summed E-state index contributed by atoms with van der Waals surface area (Å²) >= 11 is 3.37. The van der Waals surface area contributed by atoms with Crippen LogP contribution in [0.15, 0.2) is 28.7 Å². The van der Waals surface area contributed by atoms with Crippen molar-refractivity contribution in [1.82, 2.24) is 4.90 Å². The van der Waals surface area contributed by atoms with Crippen molar-refractivity contribution in [3.63, 3.8) is 0 Å². The first kappa shape index (κ1) is 18.2. The van der Waals surface area contributed by atoms with Gasteiger partial charge >= 0.3 is 5.97 Å². The van der Waals surface area contributed by atoms with Crippen LogP contribution in [-0.2, 0) is 9.53 Å². The van der Waals surface area contributed by atoms with Gasteiger partial charge in [-0.2, -0.15) is 0 Å². The van der Waals surface area contributed by atoms with E-state index in [1.165, 1.54) is 0 Å². The molecule has 6 heteroatoms. The fraction of sp³-hybridized carbons (Fsp3) is 0.588. The average Bonchev–Trinajstić information content (AvgIpc) is 2.55. The van der Waals surface area contributed by atoms with Crippen molar-refractivity contribution in [2.75, 3.05) is 32.8 Å². The summed E-state index contributed by atoms with van der Waals surface area (Å²) in [6, 6.07) is 7.53. The summed E-state index contributed by atoms with van der Waals surface area (Å²) in [5, 5.41) is 10.1. The monoisotopic (exact) mass is 385 g/mol. The van der Waals surface area contributed by atoms with Crippen LogP contribution in [0.1, 0.15) is 19.8 Å². The number of piperidine rings is 1. The minimum atomic E-state index is -0.544. The third kappa shape index (κ3) is 6.12. The topological polar surface area (TPSA) is 59.0 Å². The van der Waals surface area contributed by atoms with Gasteiger partial charge in [0.25, 0.3) is 0 Å². The Hall–Kier alpha value is -1.11. The summed E-state index contributed by atoms with van der Waals surface area (Å²) in [6.07, 6.45) is 1.04. The molecule has 1 saturated heterocycles. The van der Waals surface area contributed by atoms with Crippen LogP contribution < -0.4 is 4.74 Å². The zero-order chi connectivity index (χ0) is 16.7. The lowest BCUT2D eigenvalue weighted by atomic mass is 9.97. The maximum absolute atomic E-state index is 11.7. The maximum atomic E-state index is 11.7. The number of halogens is 1. The lowest BCUT2D eigenvalue weighted by Crippen LogP contribution is -2.42. The number of nitrogens with zero attached hydrogens (tertiary/aromatic N) is 1. The van der Waals surface area contributed by atoms with Crippen LogP contribution in [0.25, 0.3) is 0 Å². The molecule has 128 valence electrons. The van der Waals surface area contributed by atoms with E-state index in [0.29, 0.717) is 13.2 Å². The van der Waals surface area contributed by atoms with Gasteiger partial charge in [0.05, 0.1) is 12.5 Å². The smallest absolute Gasteiger partial charge is 0.309 e. The molecule has 0 unspecified atom stereocenters. The van der Waals surface area contributed by atoms with Crippen molar-refractivity contribution in [1.29, 1.82) is 0 Å². The standard InChI is InChI=1S/C17H24BrNO4/c1-2-22-17(21)13-7-9-19(10-8-13)11-15(20)12-23-16-5-3-14(18)4-6-16/h3-6,13,15,20H,2,7-12H2,1H3/t15-/m1/s1. The molecule has 0 aromatic heterocycles. The number of aliphatic hydroxyl groups is 1. The molecule has 0 spiro atoms. The molecule has 0 bridgehead atoms. The number of hydrogen-bond donors (Lipinski definition) is 1. The summed E-state index contributed by atoms with van der Waals surface area (Å²) in [5.74, 6) is 0.655. The molecule has 1 aromatic rings. The Bertz CT molecular complexity index is 486. The van der Waals surface area contributed by atoms with Crippen LogP contribution in [-0.4, -0.2) is 54.9 Å². The fourth-order valence-corrected chi connectivity index (χ4v) is 2.95. The molecule has 1 fully saturated rings. The molecule has 0 aliphatic carbocycles. The number of hydrogen-bond acceptors (Lipinski definition) is 5. The van der Waals surface area contributed by atoms with Gasteiger partial charge in [-0.25, -0.2) is 0 Å². The SMILES string of the molecule is CCOC(=O)C1CCN(C[C@@H](O)COc2ccc(Br)cc2)CC1. The second-order valence-electron chi connectivity index (χ2n) is 5.75. The van der Waals surface area contributed by atoms with Crippen molar-refractivity contribution in [3.8, 4) is 5.75 Å². The Labute approximate surface area is 145 Å². The van der Waals surface area contributed by atoms with Gasteiger partial charge in [0.2, 0.25) is 0 Å². The van der Waals surface area contributed by atoms with Gasteiger partial charge in [-0.3, -0.25) is 4.79 Å². The predicted octanol–water partition coefficient (Wildman–Crippen LogP) is 2.46. The van der Waals surface area contributed by atoms with E-state index in [4.69, 9.17) is 9.47 Å². The Morgan fingerprint density at radius 1 is 1.35 bits per heavy atom. The Morgan fingerprint density at radius 3 is 2.61 bits per heavy atom. The first-order valence-corrected chi connectivity index (χ1v) is 8.83. The zero-order valence-electron chi connectivity index (χ0n) is 13.4. The van der Waals surface area contributed by atoms with E-state index >= 15 is 0 Å². The summed E-state index contributed by atoms with van der Waals surface area (Å²) in [4.78, 5) is 13.9. The number of aliphatic hydroxyl groups excluding tert-OH is 1. The number of β-amino-alcohol motifs (C(OH)–C–C–N with tert-alkyl or cyclic N) is 1. The number of carbonyl (C=O) groups is 1. The van der Waals surface area contributed by atoms with E-state index < -0.39 is 6.10 Å². The molecule has 1 aliphatic heterocycles. The Balaban J connectivity index is 1.67. The minimum Gasteiger partial charge on any atom is -0.491 e. The first-order valence-electron chi connectivity index (χ1n) is 8.04. The van der Waals surface area contributed by atoms with E-state index in [0.717, 1.165) is 36.2 Å². The highest BCUT2D eigenvalue weighted by Crippen LogP contribution is 2.19. The van der Waals surface area contributed by atoms with Crippen LogP contribution in [0, 0.1) is 5.92 Å². The van der Waals surface area contributed by atoms with E-state index in [1.807, 2.05) is 31.2 Å². The van der Waals surface area contributed by atoms with Crippen molar-refractivity contribution < 1.29 is 19.4 Å². The third-order valence-corrected chi connectivity index (χ3v) is 4.46. The molecule has 2 rings (SSSR count). The predicted molar refractivity (Wildman–Crippen MR) is 91.4 cm³/mol. The summed E-state index contributed by atoms with van der Waals surface area (Å²) < 4.78 is 11.6. The molecule has 0 radical (unpaired) electrons. The van der Waals surface area contributed by atoms with Gasteiger partial charge in [-0.1, -0.05) is 15.9 Å². The maximum Gasteiger partial charge on any atom is 0.309 e. The highest BCUT2D eigenvalue weighted by molar-refractivity contribution is 9.10. The molecule has 5 nitrogen and oxygen atoms in total. The number of likely N-dealkylation sites (tertiary alicyclic amines) is 1. The molecule has 0 saturated carbocycles. The number of benzene rings is 1. The van der Waals surface area contributed by atoms with E-state index in [1.54, 1.807) is 0 Å². The molecule has 23 heavy (non-hydrogen) atoms. The quantitative estimate of drug-likeness (QED) is 0.730. The van der Waals surface area contributed by atoms with Crippen molar-refractivity contribution in [3.05, 3.63) is 28.7 Å². The van der Waals surface area contributed by atoms with Crippen LogP contribution in [0.4, 0.5) is 0 Å². The molecule has 1 aromatic carbocycles. The molecule has 1 aliphatic rings. The van der Waals surface area contributed by atoms with Gasteiger partial charge < -0.3 is 19.5 Å². The van der Waals surface area contributed by atoms with Crippen molar-refractivity contribution >= 4 is 21.9 Å². The molecule has 1 heterocycles. The fourth-order valence-electron chi connectivity index (χ4n) is 2.69. The van der Waals surface area contributed by atoms with E-state index in [9.17, 15) is 9.90 Å². The van der Waals surface area contributed by atoms with Gasteiger partial charge in [0, 0.05) is 11.0 Å². The number of rotatable bonds is 7. The van der Waals surface area contributed by atoms with Crippen LogP contribution in [0.2, 0.25) is 0 Å². The van der Waals surface area contributed by atoms with Gasteiger partial charge in [0.15, 0.2) is 0 Å². The first-order chi connectivity index (χ1) is 11.1. The number of esters is 1. The lowest BCUT2D eigenvalue weighted by Gasteiger charge is -2.32.